The Morgan fingerprint density at radius 2 is 1.85 bits per heavy atom. The highest BCUT2D eigenvalue weighted by Gasteiger charge is 2.08. The molecule has 4 heteroatoms. The van der Waals surface area contributed by atoms with Gasteiger partial charge in [0.2, 0.25) is 5.91 Å². The van der Waals surface area contributed by atoms with E-state index in [1.54, 1.807) is 0 Å². The molecule has 2 aromatic heterocycles. The predicted octanol–water partition coefficient (Wildman–Crippen LogP) is 4.80. The van der Waals surface area contributed by atoms with Crippen LogP contribution in [-0.2, 0) is 11.2 Å². The molecule has 0 atom stereocenters. The first-order valence-corrected chi connectivity index (χ1v) is 8.99. The maximum Gasteiger partial charge on any atom is 0.228 e. The Bertz CT molecular complexity index is 1110. The van der Waals surface area contributed by atoms with Crippen molar-refractivity contribution in [1.29, 1.82) is 0 Å². The smallest absolute Gasteiger partial charge is 0.228 e. The summed E-state index contributed by atoms with van der Waals surface area (Å²) in [6.07, 6.45) is 4.39. The minimum atomic E-state index is -0.0169. The molecule has 0 unspecified atom stereocenters. The normalized spacial score (nSPS) is 10.9. The summed E-state index contributed by atoms with van der Waals surface area (Å²) in [6.45, 7) is 4.08. The van der Waals surface area contributed by atoms with Crippen LogP contribution in [-0.4, -0.2) is 15.3 Å². The van der Waals surface area contributed by atoms with E-state index in [1.807, 2.05) is 78.3 Å². The molecule has 0 aliphatic heterocycles. The van der Waals surface area contributed by atoms with E-state index in [0.29, 0.717) is 6.42 Å². The number of pyridine rings is 1. The molecule has 2 heterocycles. The Morgan fingerprint density at radius 1 is 1.04 bits per heavy atom. The molecule has 1 N–H and O–H groups in total. The lowest BCUT2D eigenvalue weighted by Crippen LogP contribution is -2.14. The number of aromatic nitrogens is 2. The number of imidazole rings is 1. The van der Waals surface area contributed by atoms with E-state index in [-0.39, 0.29) is 5.91 Å². The van der Waals surface area contributed by atoms with E-state index in [1.165, 1.54) is 0 Å². The molecular formula is C23H21N3O. The number of amides is 1. The summed E-state index contributed by atoms with van der Waals surface area (Å²) < 4.78 is 2.03. The molecule has 0 radical (unpaired) electrons. The Balaban J connectivity index is 1.48. The molecule has 4 rings (SSSR count). The van der Waals surface area contributed by atoms with E-state index in [0.717, 1.165) is 39.3 Å². The van der Waals surface area contributed by atoms with Gasteiger partial charge in [-0.2, -0.15) is 0 Å². The van der Waals surface area contributed by atoms with Gasteiger partial charge < -0.3 is 9.72 Å². The summed E-state index contributed by atoms with van der Waals surface area (Å²) in [5.74, 6) is -0.0169. The number of hydrogen-bond acceptors (Lipinski definition) is 2. The maximum absolute atomic E-state index is 12.3. The molecule has 0 aliphatic rings. The largest absolute Gasteiger partial charge is 0.326 e. The average molecular weight is 355 g/mol. The van der Waals surface area contributed by atoms with Gasteiger partial charge in [0.15, 0.2) is 0 Å². The van der Waals surface area contributed by atoms with Crippen LogP contribution in [0.2, 0.25) is 0 Å². The van der Waals surface area contributed by atoms with Crippen LogP contribution in [0.3, 0.4) is 0 Å². The molecule has 4 nitrogen and oxygen atoms in total. The second kappa shape index (κ2) is 7.08. The molecule has 27 heavy (non-hydrogen) atoms. The fraction of sp³-hybridized carbons (Fsp3) is 0.130. The van der Waals surface area contributed by atoms with E-state index in [9.17, 15) is 4.79 Å². The maximum atomic E-state index is 12.3. The molecule has 4 aromatic rings. The quantitative estimate of drug-likeness (QED) is 0.571. The highest BCUT2D eigenvalue weighted by molar-refractivity contribution is 5.92. The Morgan fingerprint density at radius 3 is 2.59 bits per heavy atom. The first-order chi connectivity index (χ1) is 13.1. The SMILES string of the molecule is Cc1cccc(CC(=O)Nc2ccc(-c3cn4cccc(C)c4n3)cc2)c1. The highest BCUT2D eigenvalue weighted by atomic mass is 16.1. The number of benzene rings is 2. The van der Waals surface area contributed by atoms with E-state index >= 15 is 0 Å². The number of carbonyl (C=O) groups is 1. The van der Waals surface area contributed by atoms with Gasteiger partial charge in [-0.3, -0.25) is 4.79 Å². The van der Waals surface area contributed by atoms with Gasteiger partial charge in [-0.15, -0.1) is 0 Å². The van der Waals surface area contributed by atoms with Crippen LogP contribution in [0.4, 0.5) is 5.69 Å². The Labute approximate surface area is 158 Å². The standard InChI is InChI=1S/C23H21N3O/c1-16-5-3-7-18(13-16)14-22(27)24-20-10-8-19(9-11-20)21-15-26-12-4-6-17(2)23(26)25-21/h3-13,15H,14H2,1-2H3,(H,24,27). The fourth-order valence-corrected chi connectivity index (χ4v) is 3.23. The van der Waals surface area contributed by atoms with Crippen LogP contribution >= 0.6 is 0 Å². The molecule has 0 spiro atoms. The predicted molar refractivity (Wildman–Crippen MR) is 109 cm³/mol. The average Bonchev–Trinajstić information content (AvgIpc) is 3.08. The van der Waals surface area contributed by atoms with Crippen LogP contribution in [0.15, 0.2) is 73.1 Å². The summed E-state index contributed by atoms with van der Waals surface area (Å²) in [6, 6.07) is 19.9. The molecular weight excluding hydrogens is 334 g/mol. The number of anilines is 1. The summed E-state index contributed by atoms with van der Waals surface area (Å²) >= 11 is 0. The van der Waals surface area contributed by atoms with Crippen molar-refractivity contribution in [2.75, 3.05) is 5.32 Å². The number of fused-ring (bicyclic) bond motifs is 1. The van der Waals surface area contributed by atoms with Crippen LogP contribution < -0.4 is 5.32 Å². The molecule has 0 saturated carbocycles. The van der Waals surface area contributed by atoms with Crippen molar-refractivity contribution in [1.82, 2.24) is 9.38 Å². The fourth-order valence-electron chi connectivity index (χ4n) is 3.23. The molecule has 134 valence electrons. The van der Waals surface area contributed by atoms with Crippen molar-refractivity contribution in [3.8, 4) is 11.3 Å². The number of nitrogens with zero attached hydrogens (tertiary/aromatic N) is 2. The lowest BCUT2D eigenvalue weighted by molar-refractivity contribution is -0.115. The van der Waals surface area contributed by atoms with Crippen molar-refractivity contribution >= 4 is 17.2 Å². The number of aryl methyl sites for hydroxylation is 2. The zero-order chi connectivity index (χ0) is 18.8. The van der Waals surface area contributed by atoms with Gasteiger partial charge in [-0.25, -0.2) is 4.98 Å². The van der Waals surface area contributed by atoms with Gasteiger partial charge in [-0.05, 0) is 43.2 Å². The zero-order valence-corrected chi connectivity index (χ0v) is 15.4. The van der Waals surface area contributed by atoms with Gasteiger partial charge in [0, 0.05) is 23.6 Å². The van der Waals surface area contributed by atoms with E-state index in [4.69, 9.17) is 4.98 Å². The summed E-state index contributed by atoms with van der Waals surface area (Å²) in [5.41, 5.74) is 7.01. The van der Waals surface area contributed by atoms with Crippen molar-refractivity contribution in [3.63, 3.8) is 0 Å². The third-order valence-electron chi connectivity index (χ3n) is 4.59. The van der Waals surface area contributed by atoms with Crippen LogP contribution in [0, 0.1) is 13.8 Å². The molecule has 2 aromatic carbocycles. The van der Waals surface area contributed by atoms with Crippen molar-refractivity contribution < 1.29 is 4.79 Å². The van der Waals surface area contributed by atoms with E-state index in [2.05, 4.69) is 18.3 Å². The topological polar surface area (TPSA) is 46.4 Å². The molecule has 1 amide bonds. The Hall–Kier alpha value is -3.40. The van der Waals surface area contributed by atoms with Crippen molar-refractivity contribution in [2.24, 2.45) is 0 Å². The lowest BCUT2D eigenvalue weighted by atomic mass is 10.1. The first kappa shape index (κ1) is 17.0. The zero-order valence-electron chi connectivity index (χ0n) is 15.4. The minimum absolute atomic E-state index is 0.0169. The van der Waals surface area contributed by atoms with Crippen LogP contribution in [0.5, 0.6) is 0 Å². The van der Waals surface area contributed by atoms with E-state index < -0.39 is 0 Å². The van der Waals surface area contributed by atoms with Gasteiger partial charge in [0.05, 0.1) is 12.1 Å². The van der Waals surface area contributed by atoms with Crippen molar-refractivity contribution in [2.45, 2.75) is 20.3 Å². The van der Waals surface area contributed by atoms with Crippen LogP contribution in [0.25, 0.3) is 16.9 Å². The van der Waals surface area contributed by atoms with Gasteiger partial charge in [0.1, 0.15) is 5.65 Å². The number of hydrogen-bond donors (Lipinski definition) is 1. The minimum Gasteiger partial charge on any atom is -0.326 e. The molecule has 0 aliphatic carbocycles. The van der Waals surface area contributed by atoms with Gasteiger partial charge in [-0.1, -0.05) is 48.0 Å². The number of carbonyl (C=O) groups excluding carboxylic acids is 1. The third-order valence-corrected chi connectivity index (χ3v) is 4.59. The Kier molecular flexibility index (Phi) is 4.47. The number of nitrogens with one attached hydrogen (secondary N) is 1. The summed E-state index contributed by atoms with van der Waals surface area (Å²) in [4.78, 5) is 17.0. The monoisotopic (exact) mass is 355 g/mol. The molecule has 0 saturated heterocycles. The van der Waals surface area contributed by atoms with Crippen LogP contribution in [0.1, 0.15) is 16.7 Å². The number of rotatable bonds is 4. The molecule has 0 bridgehead atoms. The highest BCUT2D eigenvalue weighted by Crippen LogP contribution is 2.22. The summed E-state index contributed by atoms with van der Waals surface area (Å²) in [5, 5.41) is 2.96. The third kappa shape index (κ3) is 3.75. The first-order valence-electron chi connectivity index (χ1n) is 8.99. The van der Waals surface area contributed by atoms with Gasteiger partial charge in [0.25, 0.3) is 0 Å². The second-order valence-corrected chi connectivity index (χ2v) is 6.84. The second-order valence-electron chi connectivity index (χ2n) is 6.84. The lowest BCUT2D eigenvalue weighted by Gasteiger charge is -2.06. The molecule has 0 fully saturated rings. The van der Waals surface area contributed by atoms with Crippen molar-refractivity contribution in [3.05, 3.63) is 89.7 Å². The summed E-state index contributed by atoms with van der Waals surface area (Å²) in [7, 11) is 0. The van der Waals surface area contributed by atoms with Gasteiger partial charge >= 0.3 is 0 Å².